The van der Waals surface area contributed by atoms with Crippen molar-refractivity contribution in [1.82, 2.24) is 0 Å². The third kappa shape index (κ3) is 2.12. The molecule has 0 aromatic carbocycles. The van der Waals surface area contributed by atoms with Crippen LogP contribution in [0.15, 0.2) is 12.2 Å². The zero-order valence-corrected chi connectivity index (χ0v) is 5.18. The van der Waals surface area contributed by atoms with Crippen molar-refractivity contribution in [3.8, 4) is 0 Å². The van der Waals surface area contributed by atoms with Crippen molar-refractivity contribution < 1.29 is 4.74 Å². The number of ether oxygens (including phenoxy) is 1. The molecular weight excluding hydrogens is 100 g/mol. The molecule has 1 saturated heterocycles. The van der Waals surface area contributed by atoms with Crippen LogP contribution in [0.2, 0.25) is 0 Å². The van der Waals surface area contributed by atoms with Gasteiger partial charge in [-0.05, 0) is 19.8 Å². The molecule has 1 radical (unpaired) electrons. The largest absolute Gasteiger partial charge is 0.373 e. The van der Waals surface area contributed by atoms with E-state index in [0.29, 0.717) is 6.10 Å². The zero-order chi connectivity index (χ0) is 5.98. The lowest BCUT2D eigenvalue weighted by Gasteiger charge is -1.91. The number of hydrogen-bond acceptors (Lipinski definition) is 1. The minimum atomic E-state index is 0.520. The Morgan fingerprint density at radius 3 is 3.00 bits per heavy atom. The van der Waals surface area contributed by atoms with Crippen molar-refractivity contribution in [2.45, 2.75) is 19.4 Å². The summed E-state index contributed by atoms with van der Waals surface area (Å²) in [6, 6.07) is 0. The summed E-state index contributed by atoms with van der Waals surface area (Å²) in [6.07, 6.45) is 3.68. The molecule has 45 valence electrons. The molecule has 1 atom stereocenters. The minimum absolute atomic E-state index is 0.520. The molecule has 0 saturated carbocycles. The van der Waals surface area contributed by atoms with Gasteiger partial charge in [0.2, 0.25) is 0 Å². The summed E-state index contributed by atoms with van der Waals surface area (Å²) in [6.45, 7) is 6.69. The summed E-state index contributed by atoms with van der Waals surface area (Å²) >= 11 is 0. The van der Waals surface area contributed by atoms with E-state index < -0.39 is 0 Å². The van der Waals surface area contributed by atoms with Crippen LogP contribution < -0.4 is 0 Å². The van der Waals surface area contributed by atoms with Crippen LogP contribution in [0.5, 0.6) is 0 Å². The monoisotopic (exact) mass is 111 g/mol. The quantitative estimate of drug-likeness (QED) is 0.503. The van der Waals surface area contributed by atoms with Crippen molar-refractivity contribution in [3.05, 3.63) is 18.6 Å². The van der Waals surface area contributed by atoms with E-state index in [2.05, 4.69) is 13.0 Å². The molecule has 8 heavy (non-hydrogen) atoms. The molecule has 0 aliphatic carbocycles. The second-order valence-corrected chi connectivity index (χ2v) is 2.24. The van der Waals surface area contributed by atoms with Crippen molar-refractivity contribution in [2.75, 3.05) is 6.61 Å². The molecule has 1 heterocycles. The third-order valence-corrected chi connectivity index (χ3v) is 1.13. The average molecular weight is 111 g/mol. The Hall–Kier alpha value is -0.300. The molecule has 1 rings (SSSR count). The molecule has 1 aliphatic rings. The summed E-state index contributed by atoms with van der Waals surface area (Å²) in [4.78, 5) is 0. The maximum atomic E-state index is 4.99. The molecule has 0 spiro atoms. The highest BCUT2D eigenvalue weighted by Crippen LogP contribution is 2.16. The first-order valence-corrected chi connectivity index (χ1v) is 2.89. The van der Waals surface area contributed by atoms with Crippen LogP contribution in [-0.4, -0.2) is 12.7 Å². The molecule has 0 aromatic heterocycles. The van der Waals surface area contributed by atoms with Crippen LogP contribution in [0.25, 0.3) is 0 Å². The standard InChI is InChI=1S/C7H11O/c1-6(2)3-4-7-5-8-7/h3,7H,1,4-5H2,2H3. The normalized spacial score (nSPS) is 25.4. The Morgan fingerprint density at radius 1 is 2.00 bits per heavy atom. The van der Waals surface area contributed by atoms with Gasteiger partial charge in [-0.15, -0.1) is 0 Å². The van der Waals surface area contributed by atoms with E-state index in [9.17, 15) is 0 Å². The molecule has 1 nitrogen and oxygen atoms in total. The van der Waals surface area contributed by atoms with E-state index in [4.69, 9.17) is 4.74 Å². The fraction of sp³-hybridized carbons (Fsp3) is 0.571. The second kappa shape index (κ2) is 2.31. The van der Waals surface area contributed by atoms with Crippen molar-refractivity contribution in [1.29, 1.82) is 0 Å². The van der Waals surface area contributed by atoms with Gasteiger partial charge in [-0.1, -0.05) is 12.2 Å². The Morgan fingerprint density at radius 2 is 2.62 bits per heavy atom. The number of hydrogen-bond donors (Lipinski definition) is 0. The van der Waals surface area contributed by atoms with Gasteiger partial charge in [0.25, 0.3) is 0 Å². The fourth-order valence-electron chi connectivity index (χ4n) is 0.537. The van der Waals surface area contributed by atoms with Crippen molar-refractivity contribution in [2.24, 2.45) is 0 Å². The van der Waals surface area contributed by atoms with Gasteiger partial charge in [-0.25, -0.2) is 0 Å². The highest BCUT2D eigenvalue weighted by atomic mass is 16.6. The first-order chi connectivity index (χ1) is 3.79. The lowest BCUT2D eigenvalue weighted by Crippen LogP contribution is -1.85. The molecule has 0 N–H and O–H groups in total. The Bertz CT molecular complexity index is 92.6. The molecular formula is C7H11O. The molecule has 0 aromatic rings. The number of epoxide rings is 1. The van der Waals surface area contributed by atoms with Gasteiger partial charge in [-0.2, -0.15) is 0 Å². The highest BCUT2D eigenvalue weighted by Gasteiger charge is 2.21. The van der Waals surface area contributed by atoms with Gasteiger partial charge in [-0.3, -0.25) is 0 Å². The van der Waals surface area contributed by atoms with Gasteiger partial charge >= 0.3 is 0 Å². The lowest BCUT2D eigenvalue weighted by atomic mass is 10.1. The SMILES string of the molecule is C=C(C)[CH]CC1CO1. The maximum absolute atomic E-state index is 4.99. The molecule has 1 unspecified atom stereocenters. The van der Waals surface area contributed by atoms with Gasteiger partial charge in [0.05, 0.1) is 12.7 Å². The lowest BCUT2D eigenvalue weighted by molar-refractivity contribution is 0.407. The van der Waals surface area contributed by atoms with Gasteiger partial charge in [0.1, 0.15) is 0 Å². The van der Waals surface area contributed by atoms with Gasteiger partial charge in [0.15, 0.2) is 0 Å². The minimum Gasteiger partial charge on any atom is -0.373 e. The first-order valence-electron chi connectivity index (χ1n) is 2.89. The van der Waals surface area contributed by atoms with Crippen LogP contribution in [0.1, 0.15) is 13.3 Å². The van der Waals surface area contributed by atoms with Crippen molar-refractivity contribution >= 4 is 0 Å². The highest BCUT2D eigenvalue weighted by molar-refractivity contribution is 5.05. The van der Waals surface area contributed by atoms with Gasteiger partial charge < -0.3 is 4.74 Å². The summed E-state index contributed by atoms with van der Waals surface area (Å²) in [5, 5.41) is 0. The molecule has 0 bridgehead atoms. The van der Waals surface area contributed by atoms with Crippen LogP contribution >= 0.6 is 0 Å². The van der Waals surface area contributed by atoms with E-state index in [1.807, 2.05) is 6.92 Å². The van der Waals surface area contributed by atoms with Crippen LogP contribution in [0.4, 0.5) is 0 Å². The molecule has 1 heteroatoms. The predicted octanol–water partition coefficient (Wildman–Crippen LogP) is 1.56. The summed E-state index contributed by atoms with van der Waals surface area (Å²) in [7, 11) is 0. The van der Waals surface area contributed by atoms with Gasteiger partial charge in [0, 0.05) is 0 Å². The predicted molar refractivity (Wildman–Crippen MR) is 33.5 cm³/mol. The first kappa shape index (κ1) is 5.83. The fourth-order valence-corrected chi connectivity index (χ4v) is 0.537. The topological polar surface area (TPSA) is 12.5 Å². The summed E-state index contributed by atoms with van der Waals surface area (Å²) in [5.74, 6) is 0. The Labute approximate surface area is 50.3 Å². The summed E-state index contributed by atoms with van der Waals surface area (Å²) < 4.78 is 4.99. The van der Waals surface area contributed by atoms with E-state index in [0.717, 1.165) is 18.6 Å². The number of allylic oxidation sites excluding steroid dienone is 1. The zero-order valence-electron chi connectivity index (χ0n) is 5.18. The van der Waals surface area contributed by atoms with Crippen LogP contribution in [-0.2, 0) is 4.74 Å². The van der Waals surface area contributed by atoms with Crippen LogP contribution in [0, 0.1) is 6.42 Å². The molecule has 1 fully saturated rings. The smallest absolute Gasteiger partial charge is 0.0815 e. The van der Waals surface area contributed by atoms with Crippen molar-refractivity contribution in [3.63, 3.8) is 0 Å². The maximum Gasteiger partial charge on any atom is 0.0815 e. The van der Waals surface area contributed by atoms with E-state index >= 15 is 0 Å². The Kier molecular flexibility index (Phi) is 1.69. The number of rotatable bonds is 3. The van der Waals surface area contributed by atoms with E-state index in [1.165, 1.54) is 0 Å². The molecule has 0 amide bonds. The average Bonchev–Trinajstić information content (AvgIpc) is 2.41. The van der Waals surface area contributed by atoms with Crippen LogP contribution in [0.3, 0.4) is 0 Å². The van der Waals surface area contributed by atoms with E-state index in [-0.39, 0.29) is 0 Å². The second-order valence-electron chi connectivity index (χ2n) is 2.24. The molecule has 1 aliphatic heterocycles. The Balaban J connectivity index is 1.95. The van der Waals surface area contributed by atoms with E-state index in [1.54, 1.807) is 0 Å². The summed E-state index contributed by atoms with van der Waals surface area (Å²) in [5.41, 5.74) is 1.14. The third-order valence-electron chi connectivity index (χ3n) is 1.13.